The fraction of sp³-hybridized carbons (Fsp3) is 0.333. The Labute approximate surface area is 90.4 Å². The van der Waals surface area contributed by atoms with Gasteiger partial charge in [-0.2, -0.15) is 0 Å². The van der Waals surface area contributed by atoms with Crippen molar-refractivity contribution < 1.29 is 8.39 Å². The summed E-state index contributed by atoms with van der Waals surface area (Å²) < 4.78 is 18.2. The van der Waals surface area contributed by atoms with Crippen molar-refractivity contribution in [3.63, 3.8) is 0 Å². The molecule has 0 aromatic heterocycles. The average Bonchev–Trinajstić information content (AvgIpc) is 2.49. The normalized spacial score (nSPS) is 26.9. The lowest BCUT2D eigenvalue weighted by Gasteiger charge is -2.18. The van der Waals surface area contributed by atoms with Gasteiger partial charge in [-0.1, -0.05) is 11.6 Å². The number of nitrogens with zero attached hydrogens (tertiary/aromatic N) is 1. The van der Waals surface area contributed by atoms with E-state index in [2.05, 4.69) is 0 Å². The first-order chi connectivity index (χ1) is 6.68. The Hall–Kier alpha value is -0.580. The molecular weight excluding hydrogens is 222 g/mol. The van der Waals surface area contributed by atoms with Gasteiger partial charge in [-0.05, 0) is 31.2 Å². The molecule has 1 fully saturated rings. The average molecular weight is 232 g/mol. The van der Waals surface area contributed by atoms with Crippen molar-refractivity contribution in [3.8, 4) is 0 Å². The zero-order valence-electron chi connectivity index (χ0n) is 7.64. The predicted molar refractivity (Wildman–Crippen MR) is 57.5 cm³/mol. The third kappa shape index (κ3) is 1.78. The molecular formula is C9H10ClNO2S. The summed E-state index contributed by atoms with van der Waals surface area (Å²) in [7, 11) is 0. The van der Waals surface area contributed by atoms with Gasteiger partial charge in [0.15, 0.2) is 0 Å². The molecule has 0 radical (unpaired) electrons. The molecule has 1 heterocycles. The Morgan fingerprint density at radius 1 is 1.50 bits per heavy atom. The van der Waals surface area contributed by atoms with Gasteiger partial charge in [-0.15, -0.1) is 0 Å². The molecule has 0 bridgehead atoms. The van der Waals surface area contributed by atoms with Crippen molar-refractivity contribution in [1.29, 1.82) is 0 Å². The fourth-order valence-corrected chi connectivity index (χ4v) is 2.56. The number of halogens is 1. The van der Waals surface area contributed by atoms with Crippen LogP contribution in [0.3, 0.4) is 0 Å². The smallest absolute Gasteiger partial charge is 0.264 e. The third-order valence-corrected chi connectivity index (χ3v) is 3.53. The quantitative estimate of drug-likeness (QED) is 0.741. The molecule has 1 unspecified atom stereocenters. The lowest BCUT2D eigenvalue weighted by Crippen LogP contribution is -2.28. The third-order valence-electron chi connectivity index (χ3n) is 2.05. The summed E-state index contributed by atoms with van der Waals surface area (Å²) in [5, 5.41) is 0.673. The van der Waals surface area contributed by atoms with Crippen LogP contribution in [-0.4, -0.2) is 16.9 Å². The Balaban J connectivity index is 2.30. The largest absolute Gasteiger partial charge is 0.272 e. The molecule has 1 aliphatic heterocycles. The van der Waals surface area contributed by atoms with Gasteiger partial charge in [0, 0.05) is 5.02 Å². The first-order valence-electron chi connectivity index (χ1n) is 4.28. The van der Waals surface area contributed by atoms with Crippen LogP contribution < -0.4 is 4.31 Å². The van der Waals surface area contributed by atoms with Crippen LogP contribution in [0, 0.1) is 0 Å². The highest BCUT2D eigenvalue weighted by molar-refractivity contribution is 7.82. The van der Waals surface area contributed by atoms with Gasteiger partial charge in [0.1, 0.15) is 0 Å². The summed E-state index contributed by atoms with van der Waals surface area (Å²) >= 11 is 4.41. The second-order valence-corrected chi connectivity index (χ2v) is 4.65. The lowest BCUT2D eigenvalue weighted by atomic mass is 10.3. The maximum absolute atomic E-state index is 11.5. The maximum Gasteiger partial charge on any atom is 0.264 e. The number of hydrogen-bond acceptors (Lipinski definition) is 2. The number of anilines is 1. The molecule has 2 atom stereocenters. The van der Waals surface area contributed by atoms with E-state index < -0.39 is 11.3 Å². The highest BCUT2D eigenvalue weighted by Gasteiger charge is 2.29. The van der Waals surface area contributed by atoms with Crippen molar-refractivity contribution in [2.45, 2.75) is 13.0 Å². The molecule has 0 N–H and O–H groups in total. The molecule has 3 nitrogen and oxygen atoms in total. The minimum absolute atomic E-state index is 0.136. The zero-order chi connectivity index (χ0) is 10.1. The molecule has 0 saturated carbocycles. The molecule has 14 heavy (non-hydrogen) atoms. The van der Waals surface area contributed by atoms with Crippen LogP contribution in [0.4, 0.5) is 5.69 Å². The van der Waals surface area contributed by atoms with E-state index in [4.69, 9.17) is 15.8 Å². The second-order valence-electron chi connectivity index (χ2n) is 3.15. The molecule has 0 spiro atoms. The standard InChI is InChI=1S/C9H10ClNO2S/c1-7-6-13-14(12)11(7)9-4-2-8(10)3-5-9/h2-5,7H,6H2,1H3/t7-,14?/m1/s1. The van der Waals surface area contributed by atoms with Crippen LogP contribution in [0.2, 0.25) is 5.02 Å². The Bertz CT molecular complexity index is 354. The summed E-state index contributed by atoms with van der Waals surface area (Å²) in [4.78, 5) is 0. The van der Waals surface area contributed by atoms with Gasteiger partial charge in [0.05, 0.1) is 18.3 Å². The van der Waals surface area contributed by atoms with Crippen LogP contribution in [0.15, 0.2) is 24.3 Å². The van der Waals surface area contributed by atoms with E-state index in [0.29, 0.717) is 11.6 Å². The Morgan fingerprint density at radius 3 is 2.64 bits per heavy atom. The molecule has 2 rings (SSSR count). The molecule has 76 valence electrons. The maximum atomic E-state index is 11.5. The van der Waals surface area contributed by atoms with Crippen LogP contribution in [-0.2, 0) is 15.4 Å². The van der Waals surface area contributed by atoms with Crippen molar-refractivity contribution in [2.24, 2.45) is 0 Å². The van der Waals surface area contributed by atoms with E-state index in [1.165, 1.54) is 0 Å². The molecule has 5 heteroatoms. The summed E-state index contributed by atoms with van der Waals surface area (Å²) in [6, 6.07) is 7.37. The summed E-state index contributed by atoms with van der Waals surface area (Å²) in [6.07, 6.45) is 0. The van der Waals surface area contributed by atoms with E-state index in [1.54, 1.807) is 16.4 Å². The van der Waals surface area contributed by atoms with Crippen molar-refractivity contribution in [2.75, 3.05) is 10.9 Å². The SMILES string of the molecule is C[C@@H]1COS(=O)N1c1ccc(Cl)cc1. The van der Waals surface area contributed by atoms with E-state index in [-0.39, 0.29) is 6.04 Å². The molecule has 1 saturated heterocycles. The van der Waals surface area contributed by atoms with Crippen LogP contribution in [0.5, 0.6) is 0 Å². The zero-order valence-corrected chi connectivity index (χ0v) is 9.22. The van der Waals surface area contributed by atoms with Gasteiger partial charge in [0.2, 0.25) is 0 Å². The van der Waals surface area contributed by atoms with E-state index in [9.17, 15) is 4.21 Å². The summed E-state index contributed by atoms with van der Waals surface area (Å²) in [5.74, 6) is 0. The topological polar surface area (TPSA) is 29.5 Å². The molecule has 0 amide bonds. The Kier molecular flexibility index (Phi) is 2.76. The van der Waals surface area contributed by atoms with Gasteiger partial charge in [0.25, 0.3) is 11.3 Å². The van der Waals surface area contributed by atoms with Crippen molar-refractivity contribution in [1.82, 2.24) is 0 Å². The van der Waals surface area contributed by atoms with E-state index in [1.807, 2.05) is 19.1 Å². The summed E-state index contributed by atoms with van der Waals surface area (Å²) in [5.41, 5.74) is 0.873. The lowest BCUT2D eigenvalue weighted by molar-refractivity contribution is 0.366. The molecule has 0 aliphatic carbocycles. The highest BCUT2D eigenvalue weighted by atomic mass is 35.5. The minimum Gasteiger partial charge on any atom is -0.272 e. The van der Waals surface area contributed by atoms with Crippen LogP contribution >= 0.6 is 11.6 Å². The highest BCUT2D eigenvalue weighted by Crippen LogP contribution is 2.25. The van der Waals surface area contributed by atoms with Gasteiger partial charge < -0.3 is 0 Å². The first kappa shape index (κ1) is 9.96. The van der Waals surface area contributed by atoms with Gasteiger partial charge in [-0.25, -0.2) is 4.21 Å². The van der Waals surface area contributed by atoms with E-state index >= 15 is 0 Å². The second kappa shape index (κ2) is 3.88. The van der Waals surface area contributed by atoms with E-state index in [0.717, 1.165) is 5.69 Å². The van der Waals surface area contributed by atoms with Gasteiger partial charge in [-0.3, -0.25) is 8.49 Å². The fourth-order valence-electron chi connectivity index (χ4n) is 1.36. The number of benzene rings is 1. The first-order valence-corrected chi connectivity index (χ1v) is 5.69. The van der Waals surface area contributed by atoms with Crippen LogP contribution in [0.1, 0.15) is 6.92 Å². The summed E-state index contributed by atoms with van der Waals surface area (Å²) in [6.45, 7) is 2.47. The minimum atomic E-state index is -1.36. The Morgan fingerprint density at radius 2 is 2.14 bits per heavy atom. The van der Waals surface area contributed by atoms with Crippen LogP contribution in [0.25, 0.3) is 0 Å². The van der Waals surface area contributed by atoms with Crippen molar-refractivity contribution >= 4 is 28.6 Å². The predicted octanol–water partition coefficient (Wildman–Crippen LogP) is 2.14. The monoisotopic (exact) mass is 231 g/mol. The number of hydrogen-bond donors (Lipinski definition) is 0. The molecule has 1 aromatic rings. The number of rotatable bonds is 1. The van der Waals surface area contributed by atoms with Crippen molar-refractivity contribution in [3.05, 3.63) is 29.3 Å². The molecule has 1 aromatic carbocycles. The molecule has 1 aliphatic rings. The van der Waals surface area contributed by atoms with Gasteiger partial charge >= 0.3 is 0 Å².